The number of rotatable bonds is 5. The van der Waals surface area contributed by atoms with Gasteiger partial charge in [-0.2, -0.15) is 4.31 Å². The van der Waals surface area contributed by atoms with Crippen molar-refractivity contribution in [2.24, 2.45) is 5.92 Å². The molecule has 2 aromatic rings. The number of hydrogen-bond acceptors (Lipinski definition) is 5. The zero-order valence-electron chi connectivity index (χ0n) is 14.3. The molecule has 1 amide bonds. The lowest BCUT2D eigenvalue weighted by Gasteiger charge is -2.33. The molecule has 0 N–H and O–H groups in total. The monoisotopic (exact) mass is 398 g/mol. The Morgan fingerprint density at radius 3 is 2.76 bits per heavy atom. The van der Waals surface area contributed by atoms with Gasteiger partial charge in [-0.05, 0) is 48.2 Å². The van der Waals surface area contributed by atoms with E-state index < -0.39 is 10.0 Å². The molecule has 3 heterocycles. The normalized spacial score (nSPS) is 19.0. The van der Waals surface area contributed by atoms with Crippen molar-refractivity contribution in [3.05, 3.63) is 39.4 Å². The van der Waals surface area contributed by atoms with E-state index in [2.05, 4.69) is 0 Å². The van der Waals surface area contributed by atoms with E-state index in [-0.39, 0.29) is 18.4 Å². The van der Waals surface area contributed by atoms with Crippen LogP contribution in [0.4, 0.5) is 0 Å². The van der Waals surface area contributed by atoms with Crippen molar-refractivity contribution in [2.75, 3.05) is 20.1 Å². The SMILES string of the molecule is Cc1ccsc1CN(C)C(=O)[C@H]1CCCN(S(=O)(=O)c2cccs2)C1. The van der Waals surface area contributed by atoms with Gasteiger partial charge in [0.25, 0.3) is 10.0 Å². The summed E-state index contributed by atoms with van der Waals surface area (Å²) in [7, 11) is -1.68. The zero-order chi connectivity index (χ0) is 18.0. The van der Waals surface area contributed by atoms with Crippen LogP contribution in [0, 0.1) is 12.8 Å². The van der Waals surface area contributed by atoms with Crippen LogP contribution in [0.1, 0.15) is 23.3 Å². The molecule has 136 valence electrons. The smallest absolute Gasteiger partial charge is 0.252 e. The van der Waals surface area contributed by atoms with E-state index in [1.807, 2.05) is 18.4 Å². The predicted octanol–water partition coefficient (Wildman–Crippen LogP) is 3.18. The maximum Gasteiger partial charge on any atom is 0.252 e. The molecule has 0 spiro atoms. The zero-order valence-corrected chi connectivity index (χ0v) is 16.8. The summed E-state index contributed by atoms with van der Waals surface area (Å²) in [5, 5.41) is 3.79. The van der Waals surface area contributed by atoms with Gasteiger partial charge in [0.1, 0.15) is 4.21 Å². The number of carbonyl (C=O) groups excluding carboxylic acids is 1. The Kier molecular flexibility index (Phi) is 5.62. The molecule has 25 heavy (non-hydrogen) atoms. The Bertz CT molecular complexity index is 827. The van der Waals surface area contributed by atoms with Gasteiger partial charge >= 0.3 is 0 Å². The van der Waals surface area contributed by atoms with Gasteiger partial charge in [-0.15, -0.1) is 22.7 Å². The molecule has 0 radical (unpaired) electrons. The van der Waals surface area contributed by atoms with Crippen molar-refractivity contribution in [3.63, 3.8) is 0 Å². The molecule has 0 unspecified atom stereocenters. The minimum absolute atomic E-state index is 0.0267. The van der Waals surface area contributed by atoms with Crippen LogP contribution >= 0.6 is 22.7 Å². The highest BCUT2D eigenvalue weighted by Crippen LogP contribution is 2.27. The highest BCUT2D eigenvalue weighted by atomic mass is 32.2. The first kappa shape index (κ1) is 18.6. The first-order valence-electron chi connectivity index (χ1n) is 8.21. The predicted molar refractivity (Wildman–Crippen MR) is 101 cm³/mol. The summed E-state index contributed by atoms with van der Waals surface area (Å²) in [6.07, 6.45) is 1.45. The molecule has 1 fully saturated rings. The number of amides is 1. The third kappa shape index (κ3) is 3.97. The third-order valence-corrected chi connectivity index (χ3v) is 8.79. The van der Waals surface area contributed by atoms with E-state index in [4.69, 9.17) is 0 Å². The molecule has 3 rings (SSSR count). The average Bonchev–Trinajstić information content (AvgIpc) is 3.27. The number of thiophene rings is 2. The Labute approximate surface area is 156 Å². The van der Waals surface area contributed by atoms with Crippen molar-refractivity contribution in [1.29, 1.82) is 0 Å². The fraction of sp³-hybridized carbons (Fsp3) is 0.471. The van der Waals surface area contributed by atoms with Crippen LogP contribution in [-0.4, -0.2) is 43.7 Å². The van der Waals surface area contributed by atoms with Crippen LogP contribution in [-0.2, 0) is 21.4 Å². The molecular formula is C17H22N2O3S3. The van der Waals surface area contributed by atoms with Crippen molar-refractivity contribution in [2.45, 2.75) is 30.5 Å². The van der Waals surface area contributed by atoms with Gasteiger partial charge in [0.05, 0.1) is 12.5 Å². The van der Waals surface area contributed by atoms with Gasteiger partial charge in [-0.1, -0.05) is 6.07 Å². The second-order valence-electron chi connectivity index (χ2n) is 6.36. The third-order valence-electron chi connectivity index (χ3n) is 4.55. The van der Waals surface area contributed by atoms with E-state index in [0.717, 1.165) is 6.42 Å². The largest absolute Gasteiger partial charge is 0.340 e. The summed E-state index contributed by atoms with van der Waals surface area (Å²) in [6, 6.07) is 5.41. The molecule has 0 bridgehead atoms. The molecule has 1 aliphatic heterocycles. The summed E-state index contributed by atoms with van der Waals surface area (Å²) >= 11 is 2.87. The van der Waals surface area contributed by atoms with Crippen molar-refractivity contribution < 1.29 is 13.2 Å². The summed E-state index contributed by atoms with van der Waals surface area (Å²) in [5.41, 5.74) is 1.19. The number of carbonyl (C=O) groups is 1. The second-order valence-corrected chi connectivity index (χ2v) is 10.5. The second kappa shape index (κ2) is 7.57. The lowest BCUT2D eigenvalue weighted by Crippen LogP contribution is -2.45. The Morgan fingerprint density at radius 2 is 2.12 bits per heavy atom. The van der Waals surface area contributed by atoms with E-state index in [0.29, 0.717) is 23.7 Å². The minimum Gasteiger partial charge on any atom is -0.340 e. The van der Waals surface area contributed by atoms with Gasteiger partial charge in [0, 0.05) is 25.0 Å². The average molecular weight is 399 g/mol. The van der Waals surface area contributed by atoms with E-state index >= 15 is 0 Å². The molecule has 1 saturated heterocycles. The number of piperidine rings is 1. The highest BCUT2D eigenvalue weighted by Gasteiger charge is 2.34. The fourth-order valence-electron chi connectivity index (χ4n) is 3.07. The summed E-state index contributed by atoms with van der Waals surface area (Å²) in [5.74, 6) is -0.243. The van der Waals surface area contributed by atoms with E-state index in [1.165, 1.54) is 26.1 Å². The molecule has 1 atom stereocenters. The highest BCUT2D eigenvalue weighted by molar-refractivity contribution is 7.91. The Morgan fingerprint density at radius 1 is 1.32 bits per heavy atom. The molecule has 1 aliphatic rings. The van der Waals surface area contributed by atoms with Crippen molar-refractivity contribution >= 4 is 38.6 Å². The molecule has 2 aromatic heterocycles. The van der Waals surface area contributed by atoms with Crippen LogP contribution < -0.4 is 0 Å². The number of aryl methyl sites for hydroxylation is 1. The molecule has 0 aromatic carbocycles. The van der Waals surface area contributed by atoms with Gasteiger partial charge < -0.3 is 4.90 Å². The maximum absolute atomic E-state index is 12.8. The van der Waals surface area contributed by atoms with Crippen molar-refractivity contribution in [1.82, 2.24) is 9.21 Å². The number of sulfonamides is 1. The minimum atomic E-state index is -3.48. The van der Waals surface area contributed by atoms with Gasteiger partial charge in [0.15, 0.2) is 0 Å². The molecule has 5 nitrogen and oxygen atoms in total. The molecule has 0 aliphatic carbocycles. The molecular weight excluding hydrogens is 376 g/mol. The standard InChI is InChI=1S/C17H22N2O3S3/c1-13-7-10-23-15(13)12-18(2)17(20)14-5-3-8-19(11-14)25(21,22)16-6-4-9-24-16/h4,6-7,9-10,14H,3,5,8,11-12H2,1-2H3/t14-/m0/s1. The summed E-state index contributed by atoms with van der Waals surface area (Å²) in [4.78, 5) is 15.7. The summed E-state index contributed by atoms with van der Waals surface area (Å²) in [6.45, 7) is 3.38. The van der Waals surface area contributed by atoms with Crippen LogP contribution in [0.25, 0.3) is 0 Å². The van der Waals surface area contributed by atoms with Crippen LogP contribution in [0.2, 0.25) is 0 Å². The van der Waals surface area contributed by atoms with Crippen LogP contribution in [0.15, 0.2) is 33.2 Å². The lowest BCUT2D eigenvalue weighted by atomic mass is 9.98. The number of nitrogens with zero attached hydrogens (tertiary/aromatic N) is 2. The van der Waals surface area contributed by atoms with E-state index in [1.54, 1.807) is 40.8 Å². The first-order chi connectivity index (χ1) is 11.9. The molecule has 8 heteroatoms. The van der Waals surface area contributed by atoms with E-state index in [9.17, 15) is 13.2 Å². The van der Waals surface area contributed by atoms with Gasteiger partial charge in [-0.3, -0.25) is 4.79 Å². The topological polar surface area (TPSA) is 57.7 Å². The Balaban J connectivity index is 1.68. The van der Waals surface area contributed by atoms with Gasteiger partial charge in [-0.25, -0.2) is 8.42 Å². The fourth-order valence-corrected chi connectivity index (χ4v) is 6.70. The maximum atomic E-state index is 12.8. The quantitative estimate of drug-likeness (QED) is 0.777. The first-order valence-corrected chi connectivity index (χ1v) is 11.4. The molecule has 0 saturated carbocycles. The summed E-state index contributed by atoms with van der Waals surface area (Å²) < 4.78 is 27.2. The lowest BCUT2D eigenvalue weighted by molar-refractivity contribution is -0.135. The van der Waals surface area contributed by atoms with Crippen molar-refractivity contribution in [3.8, 4) is 0 Å². The number of hydrogen-bond donors (Lipinski definition) is 0. The van der Waals surface area contributed by atoms with Gasteiger partial charge in [0.2, 0.25) is 5.91 Å². The Hall–Kier alpha value is -1.22. The van der Waals surface area contributed by atoms with Crippen LogP contribution in [0.5, 0.6) is 0 Å². The van der Waals surface area contributed by atoms with Crippen LogP contribution in [0.3, 0.4) is 0 Å².